The zero-order chi connectivity index (χ0) is 10.7. The average Bonchev–Trinajstić information content (AvgIpc) is 2.11. The highest BCUT2D eigenvalue weighted by atomic mass is 16.4. The smallest absolute Gasteiger partial charge is 0.325 e. The molecule has 0 fully saturated rings. The molecule has 1 atom stereocenters. The summed E-state index contributed by atoms with van der Waals surface area (Å²) >= 11 is 0. The summed E-state index contributed by atoms with van der Waals surface area (Å²) < 4.78 is 0. The van der Waals surface area contributed by atoms with Gasteiger partial charge in [-0.2, -0.15) is 0 Å². The molecule has 0 amide bonds. The first kappa shape index (κ1) is 10.6. The van der Waals surface area contributed by atoms with Crippen LogP contribution in [0.1, 0.15) is 18.1 Å². The molecular weight excluding hydrogens is 178 g/mol. The Hall–Kier alpha value is -1.51. The molecule has 76 valence electrons. The fourth-order valence-corrected chi connectivity index (χ4v) is 1.14. The summed E-state index contributed by atoms with van der Waals surface area (Å²) in [5.41, 5.74) is 3.22. The number of aryl methyl sites for hydroxylation is 2. The Morgan fingerprint density at radius 3 is 2.50 bits per heavy atom. The number of nitrogens with one attached hydrogen (secondary N) is 1. The van der Waals surface area contributed by atoms with Gasteiger partial charge in [-0.25, -0.2) is 0 Å². The lowest BCUT2D eigenvalue weighted by Crippen LogP contribution is -2.25. The van der Waals surface area contributed by atoms with Crippen molar-refractivity contribution in [1.29, 1.82) is 0 Å². The van der Waals surface area contributed by atoms with Crippen LogP contribution in [0, 0.1) is 13.8 Å². The highest BCUT2D eigenvalue weighted by Crippen LogP contribution is 2.14. The highest BCUT2D eigenvalue weighted by Gasteiger charge is 2.09. The number of carboxylic acid groups (broad SMARTS) is 1. The minimum Gasteiger partial charge on any atom is -0.480 e. The Kier molecular flexibility index (Phi) is 3.12. The van der Waals surface area contributed by atoms with Gasteiger partial charge in [0.25, 0.3) is 0 Å². The number of benzene rings is 1. The van der Waals surface area contributed by atoms with Gasteiger partial charge in [-0.3, -0.25) is 4.79 Å². The van der Waals surface area contributed by atoms with Crippen LogP contribution in [0.2, 0.25) is 0 Å². The predicted molar refractivity (Wildman–Crippen MR) is 56.6 cm³/mol. The Bertz CT molecular complexity index is 347. The van der Waals surface area contributed by atoms with E-state index in [1.54, 1.807) is 6.92 Å². The van der Waals surface area contributed by atoms with Crippen molar-refractivity contribution in [2.24, 2.45) is 0 Å². The SMILES string of the molecule is Cc1ccc(NC(C)C(=O)O)cc1C. The van der Waals surface area contributed by atoms with Crippen LogP contribution in [0.5, 0.6) is 0 Å². The number of aliphatic carboxylic acids is 1. The van der Waals surface area contributed by atoms with Crippen molar-refractivity contribution in [2.45, 2.75) is 26.8 Å². The molecule has 3 nitrogen and oxygen atoms in total. The van der Waals surface area contributed by atoms with Gasteiger partial charge in [-0.15, -0.1) is 0 Å². The minimum absolute atomic E-state index is 0.558. The van der Waals surface area contributed by atoms with E-state index in [9.17, 15) is 4.79 Å². The minimum atomic E-state index is -0.844. The summed E-state index contributed by atoms with van der Waals surface area (Å²) in [4.78, 5) is 10.6. The molecule has 1 unspecified atom stereocenters. The topological polar surface area (TPSA) is 49.3 Å². The Balaban J connectivity index is 2.78. The molecule has 2 N–H and O–H groups in total. The van der Waals surface area contributed by atoms with E-state index in [0.717, 1.165) is 11.3 Å². The van der Waals surface area contributed by atoms with Gasteiger partial charge in [0.2, 0.25) is 0 Å². The Morgan fingerprint density at radius 1 is 1.36 bits per heavy atom. The van der Waals surface area contributed by atoms with Crippen LogP contribution in [0.4, 0.5) is 5.69 Å². The van der Waals surface area contributed by atoms with Crippen LogP contribution in [0.25, 0.3) is 0 Å². The third kappa shape index (κ3) is 2.49. The molecule has 1 rings (SSSR count). The first-order chi connectivity index (χ1) is 6.50. The van der Waals surface area contributed by atoms with E-state index >= 15 is 0 Å². The third-order valence-corrected chi connectivity index (χ3v) is 2.26. The summed E-state index contributed by atoms with van der Waals surface area (Å²) in [5.74, 6) is -0.844. The largest absolute Gasteiger partial charge is 0.480 e. The molecule has 0 heterocycles. The first-order valence-electron chi connectivity index (χ1n) is 4.57. The lowest BCUT2D eigenvalue weighted by Gasteiger charge is -2.11. The maximum Gasteiger partial charge on any atom is 0.325 e. The molecule has 0 aliphatic carbocycles. The molecular formula is C11H15NO2. The van der Waals surface area contributed by atoms with Crippen molar-refractivity contribution in [1.82, 2.24) is 0 Å². The van der Waals surface area contributed by atoms with E-state index in [1.165, 1.54) is 5.56 Å². The van der Waals surface area contributed by atoms with Crippen molar-refractivity contribution in [3.63, 3.8) is 0 Å². The summed E-state index contributed by atoms with van der Waals surface area (Å²) in [6, 6.07) is 5.26. The molecule has 1 aromatic rings. The molecule has 0 aliphatic rings. The van der Waals surface area contributed by atoms with Gasteiger partial charge in [0, 0.05) is 5.69 Å². The summed E-state index contributed by atoms with van der Waals surface area (Å²) in [7, 11) is 0. The van der Waals surface area contributed by atoms with Crippen molar-refractivity contribution < 1.29 is 9.90 Å². The van der Waals surface area contributed by atoms with Crippen molar-refractivity contribution in [3.8, 4) is 0 Å². The van der Waals surface area contributed by atoms with Gasteiger partial charge < -0.3 is 10.4 Å². The molecule has 1 aromatic carbocycles. The fourth-order valence-electron chi connectivity index (χ4n) is 1.14. The fraction of sp³-hybridized carbons (Fsp3) is 0.364. The molecule has 3 heteroatoms. The maximum absolute atomic E-state index is 10.6. The van der Waals surface area contributed by atoms with Crippen LogP contribution in [0.15, 0.2) is 18.2 Å². The van der Waals surface area contributed by atoms with E-state index in [-0.39, 0.29) is 0 Å². The summed E-state index contributed by atoms with van der Waals surface area (Å²) in [6.45, 7) is 5.66. The molecule has 0 saturated carbocycles. The van der Waals surface area contributed by atoms with Gasteiger partial charge in [-0.05, 0) is 44.0 Å². The number of hydrogen-bond donors (Lipinski definition) is 2. The maximum atomic E-state index is 10.6. The Morgan fingerprint density at radius 2 is 2.00 bits per heavy atom. The molecule has 14 heavy (non-hydrogen) atoms. The van der Waals surface area contributed by atoms with Gasteiger partial charge in [0.05, 0.1) is 0 Å². The van der Waals surface area contributed by atoms with Crippen LogP contribution in [-0.4, -0.2) is 17.1 Å². The van der Waals surface area contributed by atoms with Crippen molar-refractivity contribution in [3.05, 3.63) is 29.3 Å². The number of anilines is 1. The number of hydrogen-bond acceptors (Lipinski definition) is 2. The molecule has 0 aromatic heterocycles. The van der Waals surface area contributed by atoms with E-state index in [2.05, 4.69) is 5.32 Å². The number of carbonyl (C=O) groups is 1. The second kappa shape index (κ2) is 4.13. The molecule has 0 bridgehead atoms. The number of carboxylic acids is 1. The van der Waals surface area contributed by atoms with E-state index in [4.69, 9.17) is 5.11 Å². The van der Waals surface area contributed by atoms with Gasteiger partial charge >= 0.3 is 5.97 Å². The highest BCUT2D eigenvalue weighted by molar-refractivity contribution is 5.76. The van der Waals surface area contributed by atoms with Crippen molar-refractivity contribution in [2.75, 3.05) is 5.32 Å². The Labute approximate surface area is 83.8 Å². The summed E-state index contributed by atoms with van der Waals surface area (Å²) in [5, 5.41) is 11.6. The quantitative estimate of drug-likeness (QED) is 0.773. The predicted octanol–water partition coefficient (Wildman–Crippen LogP) is 2.19. The van der Waals surface area contributed by atoms with Gasteiger partial charge in [-0.1, -0.05) is 6.07 Å². The van der Waals surface area contributed by atoms with Crippen LogP contribution < -0.4 is 5.32 Å². The number of rotatable bonds is 3. The molecule has 0 radical (unpaired) electrons. The molecule has 0 saturated heterocycles. The van der Waals surface area contributed by atoms with Crippen LogP contribution in [-0.2, 0) is 4.79 Å². The second-order valence-electron chi connectivity index (χ2n) is 3.50. The zero-order valence-electron chi connectivity index (χ0n) is 8.66. The summed E-state index contributed by atoms with van der Waals surface area (Å²) in [6.07, 6.45) is 0. The van der Waals surface area contributed by atoms with E-state index < -0.39 is 12.0 Å². The normalized spacial score (nSPS) is 12.2. The van der Waals surface area contributed by atoms with Gasteiger partial charge in [0.15, 0.2) is 0 Å². The monoisotopic (exact) mass is 193 g/mol. The lowest BCUT2D eigenvalue weighted by molar-refractivity contribution is -0.137. The van der Waals surface area contributed by atoms with Crippen LogP contribution in [0.3, 0.4) is 0 Å². The van der Waals surface area contributed by atoms with Gasteiger partial charge in [0.1, 0.15) is 6.04 Å². The lowest BCUT2D eigenvalue weighted by atomic mass is 10.1. The third-order valence-electron chi connectivity index (χ3n) is 2.26. The van der Waals surface area contributed by atoms with E-state index in [1.807, 2.05) is 32.0 Å². The average molecular weight is 193 g/mol. The van der Waals surface area contributed by atoms with E-state index in [0.29, 0.717) is 0 Å². The molecule has 0 aliphatic heterocycles. The van der Waals surface area contributed by atoms with Crippen LogP contribution >= 0.6 is 0 Å². The molecule has 0 spiro atoms. The standard InChI is InChI=1S/C11H15NO2/c1-7-4-5-10(6-8(7)2)12-9(3)11(13)14/h4-6,9,12H,1-3H3,(H,13,14). The first-order valence-corrected chi connectivity index (χ1v) is 4.57. The zero-order valence-corrected chi connectivity index (χ0v) is 8.66. The van der Waals surface area contributed by atoms with Crippen molar-refractivity contribution >= 4 is 11.7 Å². The second-order valence-corrected chi connectivity index (χ2v) is 3.50.